The van der Waals surface area contributed by atoms with Gasteiger partial charge in [0.05, 0.1) is 0 Å². The number of aromatic nitrogens is 2. The molecule has 1 saturated carbocycles. The van der Waals surface area contributed by atoms with Crippen LogP contribution in [-0.2, 0) is 4.79 Å². The zero-order chi connectivity index (χ0) is 17.8. The van der Waals surface area contributed by atoms with E-state index in [0.717, 1.165) is 31.4 Å². The third-order valence-electron chi connectivity index (χ3n) is 4.99. The lowest BCUT2D eigenvalue weighted by Crippen LogP contribution is -2.27. The molecule has 0 radical (unpaired) electrons. The van der Waals surface area contributed by atoms with Crippen LogP contribution in [0, 0.1) is 13.8 Å². The molecule has 0 aliphatic heterocycles. The average molecular weight is 343 g/mol. The highest BCUT2D eigenvalue weighted by Gasteiger charge is 2.29. The lowest BCUT2D eigenvalue weighted by atomic mass is 10.1. The second kappa shape index (κ2) is 7.78. The number of carboxylic acid groups (broad SMARTS) is 1. The lowest BCUT2D eigenvalue weighted by molar-refractivity contribution is -0.137. The fourth-order valence-corrected chi connectivity index (χ4v) is 3.34. The Labute approximate surface area is 147 Å². The van der Waals surface area contributed by atoms with Gasteiger partial charge in [-0.1, -0.05) is 17.3 Å². The van der Waals surface area contributed by atoms with Crippen molar-refractivity contribution >= 4 is 5.97 Å². The number of carbonyl (C=O) groups is 1. The fourth-order valence-electron chi connectivity index (χ4n) is 3.34. The Bertz CT molecular complexity index is 741. The van der Waals surface area contributed by atoms with Crippen molar-refractivity contribution in [2.75, 3.05) is 6.54 Å². The van der Waals surface area contributed by atoms with Crippen LogP contribution in [0.4, 0.5) is 0 Å². The Morgan fingerprint density at radius 1 is 1.32 bits per heavy atom. The van der Waals surface area contributed by atoms with Gasteiger partial charge in [-0.15, -0.1) is 0 Å². The molecule has 134 valence electrons. The Kier molecular flexibility index (Phi) is 5.48. The second-order valence-electron chi connectivity index (χ2n) is 6.91. The van der Waals surface area contributed by atoms with E-state index in [4.69, 9.17) is 9.63 Å². The van der Waals surface area contributed by atoms with Gasteiger partial charge in [-0.05, 0) is 63.3 Å². The smallest absolute Gasteiger partial charge is 0.303 e. The molecule has 2 atom stereocenters. The van der Waals surface area contributed by atoms with Gasteiger partial charge in [-0.2, -0.15) is 4.98 Å². The maximum atomic E-state index is 10.5. The molecule has 1 aromatic heterocycles. The highest BCUT2D eigenvalue weighted by molar-refractivity contribution is 5.66. The molecule has 1 aliphatic carbocycles. The summed E-state index contributed by atoms with van der Waals surface area (Å²) in [4.78, 5) is 15.1. The predicted octanol–water partition coefficient (Wildman–Crippen LogP) is 3.44. The van der Waals surface area contributed by atoms with Crippen molar-refractivity contribution in [3.05, 3.63) is 35.2 Å². The van der Waals surface area contributed by atoms with Crippen molar-refractivity contribution in [2.45, 2.75) is 57.9 Å². The van der Waals surface area contributed by atoms with Crippen LogP contribution in [-0.4, -0.2) is 33.8 Å². The minimum Gasteiger partial charge on any atom is -0.481 e. The summed E-state index contributed by atoms with van der Waals surface area (Å²) < 4.78 is 5.51. The highest BCUT2D eigenvalue weighted by atomic mass is 16.5. The van der Waals surface area contributed by atoms with Crippen molar-refractivity contribution in [1.82, 2.24) is 15.5 Å². The summed E-state index contributed by atoms with van der Waals surface area (Å²) in [6, 6.07) is 6.59. The molecule has 1 heterocycles. The van der Waals surface area contributed by atoms with Crippen molar-refractivity contribution in [3.8, 4) is 11.4 Å². The zero-order valence-electron chi connectivity index (χ0n) is 14.8. The molecule has 1 fully saturated rings. The van der Waals surface area contributed by atoms with E-state index in [-0.39, 0.29) is 12.3 Å². The second-order valence-corrected chi connectivity index (χ2v) is 6.91. The molecular formula is C19H25N3O3. The van der Waals surface area contributed by atoms with Gasteiger partial charge >= 0.3 is 5.97 Å². The maximum Gasteiger partial charge on any atom is 0.303 e. The van der Waals surface area contributed by atoms with Gasteiger partial charge in [0, 0.05) is 23.9 Å². The van der Waals surface area contributed by atoms with Crippen molar-refractivity contribution in [3.63, 3.8) is 0 Å². The van der Waals surface area contributed by atoms with E-state index in [1.165, 1.54) is 11.1 Å². The van der Waals surface area contributed by atoms with Crippen LogP contribution in [0.5, 0.6) is 0 Å². The van der Waals surface area contributed by atoms with E-state index in [0.29, 0.717) is 24.2 Å². The Hall–Kier alpha value is -2.21. The molecule has 0 saturated heterocycles. The summed E-state index contributed by atoms with van der Waals surface area (Å²) in [6.07, 6.45) is 3.91. The number of aliphatic carboxylic acids is 1. The number of aryl methyl sites for hydroxylation is 2. The number of hydrogen-bond acceptors (Lipinski definition) is 5. The summed E-state index contributed by atoms with van der Waals surface area (Å²) in [5.41, 5.74) is 3.45. The first kappa shape index (κ1) is 17.6. The summed E-state index contributed by atoms with van der Waals surface area (Å²) >= 11 is 0. The number of nitrogens with one attached hydrogen (secondary N) is 1. The topological polar surface area (TPSA) is 88.2 Å². The van der Waals surface area contributed by atoms with Crippen molar-refractivity contribution in [1.29, 1.82) is 0 Å². The first-order valence-corrected chi connectivity index (χ1v) is 8.89. The summed E-state index contributed by atoms with van der Waals surface area (Å²) in [6.45, 7) is 4.90. The van der Waals surface area contributed by atoms with Crippen LogP contribution in [0.25, 0.3) is 11.4 Å². The zero-order valence-corrected chi connectivity index (χ0v) is 14.8. The first-order chi connectivity index (χ1) is 12.0. The van der Waals surface area contributed by atoms with Gasteiger partial charge in [-0.25, -0.2) is 0 Å². The molecule has 1 aliphatic rings. The molecule has 2 aromatic rings. The van der Waals surface area contributed by atoms with Gasteiger partial charge in [0.25, 0.3) is 0 Å². The fraction of sp³-hybridized carbons (Fsp3) is 0.526. The van der Waals surface area contributed by atoms with Crippen LogP contribution in [0.1, 0.15) is 55.0 Å². The average Bonchev–Trinajstić information content (AvgIpc) is 3.23. The SMILES string of the molecule is Cc1ccc(-c2noc(C3CCC(NCCCC(=O)O)C3)n2)cc1C. The molecule has 0 spiro atoms. The standard InChI is InChI=1S/C19H25N3O3/c1-12-5-6-14(10-13(12)2)18-21-19(25-22-18)15-7-8-16(11-15)20-9-3-4-17(23)24/h5-6,10,15-16,20H,3-4,7-9,11H2,1-2H3,(H,23,24). The normalized spacial score (nSPS) is 20.1. The summed E-state index contributed by atoms with van der Waals surface area (Å²) in [5.74, 6) is 0.902. The predicted molar refractivity (Wildman–Crippen MR) is 94.5 cm³/mol. The van der Waals surface area contributed by atoms with Crippen LogP contribution in [0.2, 0.25) is 0 Å². The third kappa shape index (κ3) is 4.45. The van der Waals surface area contributed by atoms with Crippen molar-refractivity contribution in [2.24, 2.45) is 0 Å². The molecule has 6 nitrogen and oxygen atoms in total. The van der Waals surface area contributed by atoms with E-state index in [9.17, 15) is 4.79 Å². The van der Waals surface area contributed by atoms with E-state index < -0.39 is 5.97 Å². The molecular weight excluding hydrogens is 318 g/mol. The highest BCUT2D eigenvalue weighted by Crippen LogP contribution is 2.34. The monoisotopic (exact) mass is 343 g/mol. The lowest BCUT2D eigenvalue weighted by Gasteiger charge is -2.11. The summed E-state index contributed by atoms with van der Waals surface area (Å²) in [5, 5.41) is 16.3. The van der Waals surface area contributed by atoms with Gasteiger partial charge in [-0.3, -0.25) is 4.79 Å². The van der Waals surface area contributed by atoms with Crippen LogP contribution in [0.15, 0.2) is 22.7 Å². The minimum absolute atomic E-state index is 0.214. The molecule has 1 aromatic carbocycles. The molecule has 0 amide bonds. The van der Waals surface area contributed by atoms with E-state index in [2.05, 4.69) is 41.4 Å². The quantitative estimate of drug-likeness (QED) is 0.749. The summed E-state index contributed by atoms with van der Waals surface area (Å²) in [7, 11) is 0. The molecule has 3 rings (SSSR count). The minimum atomic E-state index is -0.740. The molecule has 2 unspecified atom stereocenters. The first-order valence-electron chi connectivity index (χ1n) is 8.89. The van der Waals surface area contributed by atoms with Gasteiger partial charge < -0.3 is 14.9 Å². The van der Waals surface area contributed by atoms with Crippen LogP contribution < -0.4 is 5.32 Å². The Morgan fingerprint density at radius 2 is 2.16 bits per heavy atom. The largest absolute Gasteiger partial charge is 0.481 e. The Balaban J connectivity index is 1.56. The van der Waals surface area contributed by atoms with Gasteiger partial charge in [0.15, 0.2) is 0 Å². The molecule has 6 heteroatoms. The van der Waals surface area contributed by atoms with Gasteiger partial charge in [0.1, 0.15) is 0 Å². The maximum absolute atomic E-state index is 10.5. The third-order valence-corrected chi connectivity index (χ3v) is 4.99. The van der Waals surface area contributed by atoms with E-state index >= 15 is 0 Å². The number of rotatable bonds is 7. The van der Waals surface area contributed by atoms with E-state index in [1.54, 1.807) is 0 Å². The Morgan fingerprint density at radius 3 is 2.92 bits per heavy atom. The number of benzene rings is 1. The van der Waals surface area contributed by atoms with E-state index in [1.807, 2.05) is 6.07 Å². The number of nitrogens with zero attached hydrogens (tertiary/aromatic N) is 2. The number of hydrogen-bond donors (Lipinski definition) is 2. The molecule has 0 bridgehead atoms. The molecule has 25 heavy (non-hydrogen) atoms. The number of carboxylic acids is 1. The van der Waals surface area contributed by atoms with Crippen LogP contribution in [0.3, 0.4) is 0 Å². The van der Waals surface area contributed by atoms with Crippen molar-refractivity contribution < 1.29 is 14.4 Å². The van der Waals surface area contributed by atoms with Gasteiger partial charge in [0.2, 0.25) is 11.7 Å². The van der Waals surface area contributed by atoms with Crippen LogP contribution >= 0.6 is 0 Å². The molecule has 2 N–H and O–H groups in total.